The van der Waals surface area contributed by atoms with Crippen molar-refractivity contribution < 1.29 is 22.8 Å². The van der Waals surface area contributed by atoms with Crippen LogP contribution in [0.5, 0.6) is 0 Å². The molecular weight excluding hydrogens is 455 g/mol. The number of rotatable bonds is 4. The summed E-state index contributed by atoms with van der Waals surface area (Å²) >= 11 is 6.61. The number of fused-ring (bicyclic) bond motifs is 1. The number of carbonyl (C=O) groups is 2. The monoisotopic (exact) mass is 485 g/mol. The Hall–Kier alpha value is -1.96. The average molecular weight is 486 g/mol. The minimum absolute atomic E-state index is 0.0956. The van der Waals surface area contributed by atoms with E-state index in [4.69, 9.17) is 11.6 Å². The number of nitrogens with zero attached hydrogens (tertiary/aromatic N) is 2. The van der Waals surface area contributed by atoms with E-state index in [9.17, 15) is 22.8 Å². The Morgan fingerprint density at radius 1 is 1.09 bits per heavy atom. The molecule has 2 amide bonds. The molecule has 2 aliphatic heterocycles. The Kier molecular flexibility index (Phi) is 7.12. The summed E-state index contributed by atoms with van der Waals surface area (Å²) in [4.78, 5) is 28.6. The fraction of sp³-hybridized carbons (Fsp3) is 0.667. The first-order chi connectivity index (χ1) is 15.6. The molecule has 182 valence electrons. The zero-order chi connectivity index (χ0) is 23.8. The van der Waals surface area contributed by atoms with Gasteiger partial charge in [-0.15, -0.1) is 0 Å². The van der Waals surface area contributed by atoms with Crippen LogP contribution in [0.25, 0.3) is 0 Å². The maximum absolute atomic E-state index is 13.0. The third-order valence-electron chi connectivity index (χ3n) is 7.38. The van der Waals surface area contributed by atoms with Gasteiger partial charge in [-0.05, 0) is 75.0 Å². The maximum atomic E-state index is 13.0. The van der Waals surface area contributed by atoms with Gasteiger partial charge >= 0.3 is 6.18 Å². The van der Waals surface area contributed by atoms with E-state index >= 15 is 0 Å². The van der Waals surface area contributed by atoms with Crippen molar-refractivity contribution in [3.05, 3.63) is 22.7 Å². The second-order valence-electron chi connectivity index (χ2n) is 9.63. The number of likely N-dealkylation sites (tertiary alicyclic amines) is 1. The lowest BCUT2D eigenvalue weighted by atomic mass is 9.81. The number of carbonyl (C=O) groups excluding carboxylic acids is 2. The molecular formula is C24H31ClF3N3O2. The van der Waals surface area contributed by atoms with Crippen molar-refractivity contribution in [1.82, 2.24) is 4.90 Å². The van der Waals surface area contributed by atoms with Gasteiger partial charge in [0.2, 0.25) is 11.8 Å². The van der Waals surface area contributed by atoms with E-state index in [0.29, 0.717) is 43.1 Å². The predicted octanol–water partition coefficient (Wildman–Crippen LogP) is 5.41. The van der Waals surface area contributed by atoms with Gasteiger partial charge in [-0.25, -0.2) is 0 Å². The number of halogens is 4. The van der Waals surface area contributed by atoms with Crippen LogP contribution in [-0.4, -0.2) is 48.6 Å². The molecule has 1 saturated carbocycles. The minimum atomic E-state index is -4.09. The quantitative estimate of drug-likeness (QED) is 0.620. The van der Waals surface area contributed by atoms with Crippen LogP contribution < -0.4 is 10.2 Å². The number of benzene rings is 1. The summed E-state index contributed by atoms with van der Waals surface area (Å²) in [6.45, 7) is 3.56. The van der Waals surface area contributed by atoms with E-state index in [0.717, 1.165) is 37.1 Å². The molecule has 0 unspecified atom stereocenters. The molecule has 1 aromatic carbocycles. The minimum Gasteiger partial charge on any atom is -0.369 e. The van der Waals surface area contributed by atoms with E-state index in [-0.39, 0.29) is 30.6 Å². The molecule has 0 aromatic heterocycles. The van der Waals surface area contributed by atoms with E-state index < -0.39 is 18.1 Å². The molecule has 9 heteroatoms. The van der Waals surface area contributed by atoms with Crippen molar-refractivity contribution in [2.45, 2.75) is 70.5 Å². The maximum Gasteiger partial charge on any atom is 0.391 e. The van der Waals surface area contributed by atoms with Crippen molar-refractivity contribution in [1.29, 1.82) is 0 Å². The SMILES string of the molecule is CC(=O)N1CCCC[C@@H]1C(=O)Nc1cc(Cl)c2c(c1)CCN2C[C@H]1CC[C@H](C(F)(F)F)CC1. The third-order valence-corrected chi connectivity index (χ3v) is 7.66. The summed E-state index contributed by atoms with van der Waals surface area (Å²) < 4.78 is 38.9. The molecule has 3 aliphatic rings. The fourth-order valence-electron chi connectivity index (χ4n) is 5.61. The van der Waals surface area contributed by atoms with Crippen LogP contribution in [0.3, 0.4) is 0 Å². The molecule has 2 fully saturated rings. The summed E-state index contributed by atoms with van der Waals surface area (Å²) in [6, 6.07) is 3.20. The van der Waals surface area contributed by atoms with Crippen molar-refractivity contribution in [3.63, 3.8) is 0 Å². The van der Waals surface area contributed by atoms with Gasteiger partial charge in [0.15, 0.2) is 0 Å². The highest BCUT2D eigenvalue weighted by molar-refractivity contribution is 6.34. The number of alkyl halides is 3. The molecule has 1 aromatic rings. The van der Waals surface area contributed by atoms with Crippen LogP contribution in [-0.2, 0) is 16.0 Å². The summed E-state index contributed by atoms with van der Waals surface area (Å²) in [5.41, 5.74) is 2.58. The summed E-state index contributed by atoms with van der Waals surface area (Å²) in [5, 5.41) is 3.48. The number of piperidine rings is 1. The third kappa shape index (κ3) is 5.42. The molecule has 1 N–H and O–H groups in total. The standard InChI is InChI=1S/C24H31ClF3N3O2/c1-15(32)31-10-3-2-4-21(31)23(33)29-19-12-17-9-11-30(22(17)20(25)13-19)14-16-5-7-18(8-6-16)24(26,27)28/h12-13,16,18,21H,2-11,14H2,1H3,(H,29,33)/t16-,18-,21-/m1/s1. The lowest BCUT2D eigenvalue weighted by Gasteiger charge is -2.34. The molecule has 5 nitrogen and oxygen atoms in total. The molecule has 33 heavy (non-hydrogen) atoms. The number of hydrogen-bond acceptors (Lipinski definition) is 3. The predicted molar refractivity (Wildman–Crippen MR) is 123 cm³/mol. The zero-order valence-corrected chi connectivity index (χ0v) is 19.6. The van der Waals surface area contributed by atoms with Crippen LogP contribution in [0.2, 0.25) is 5.02 Å². The van der Waals surface area contributed by atoms with Gasteiger partial charge < -0.3 is 15.1 Å². The number of hydrogen-bond donors (Lipinski definition) is 1. The molecule has 0 bridgehead atoms. The smallest absolute Gasteiger partial charge is 0.369 e. The Labute approximate surface area is 197 Å². The highest BCUT2D eigenvalue weighted by Crippen LogP contribution is 2.42. The van der Waals surface area contributed by atoms with Gasteiger partial charge in [-0.3, -0.25) is 9.59 Å². The van der Waals surface area contributed by atoms with Gasteiger partial charge in [0.25, 0.3) is 0 Å². The Balaban J connectivity index is 1.40. The second-order valence-corrected chi connectivity index (χ2v) is 10.0. The van der Waals surface area contributed by atoms with Gasteiger partial charge in [0.05, 0.1) is 16.6 Å². The molecule has 0 radical (unpaired) electrons. The van der Waals surface area contributed by atoms with Gasteiger partial charge in [-0.1, -0.05) is 11.6 Å². The van der Waals surface area contributed by atoms with Crippen molar-refractivity contribution in [2.75, 3.05) is 29.9 Å². The van der Waals surface area contributed by atoms with Crippen LogP contribution in [0.1, 0.15) is 57.4 Å². The van der Waals surface area contributed by atoms with E-state index in [1.54, 1.807) is 11.0 Å². The van der Waals surface area contributed by atoms with Crippen LogP contribution >= 0.6 is 11.6 Å². The lowest BCUT2D eigenvalue weighted by Crippen LogP contribution is -2.49. The average Bonchev–Trinajstić information content (AvgIpc) is 3.16. The molecule has 0 spiro atoms. The number of anilines is 2. The van der Waals surface area contributed by atoms with Crippen molar-refractivity contribution >= 4 is 34.8 Å². The highest BCUT2D eigenvalue weighted by atomic mass is 35.5. The Bertz CT molecular complexity index is 900. The lowest BCUT2D eigenvalue weighted by molar-refractivity contribution is -0.183. The van der Waals surface area contributed by atoms with Crippen molar-refractivity contribution in [3.8, 4) is 0 Å². The van der Waals surface area contributed by atoms with E-state index in [1.165, 1.54) is 6.92 Å². The Morgan fingerprint density at radius 2 is 1.82 bits per heavy atom. The van der Waals surface area contributed by atoms with Crippen LogP contribution in [0, 0.1) is 11.8 Å². The summed E-state index contributed by atoms with van der Waals surface area (Å²) in [6.07, 6.45) is 0.709. The molecule has 2 heterocycles. The molecule has 1 saturated heterocycles. The summed E-state index contributed by atoms with van der Waals surface area (Å²) in [5.74, 6) is -1.23. The van der Waals surface area contributed by atoms with Crippen LogP contribution in [0.4, 0.5) is 24.5 Å². The Morgan fingerprint density at radius 3 is 2.48 bits per heavy atom. The van der Waals surface area contributed by atoms with E-state index in [1.807, 2.05) is 6.07 Å². The number of nitrogens with one attached hydrogen (secondary N) is 1. The van der Waals surface area contributed by atoms with Gasteiger partial charge in [0, 0.05) is 32.2 Å². The first-order valence-corrected chi connectivity index (χ1v) is 12.2. The normalized spacial score (nSPS) is 25.7. The van der Waals surface area contributed by atoms with Crippen LogP contribution in [0.15, 0.2) is 12.1 Å². The largest absolute Gasteiger partial charge is 0.391 e. The van der Waals surface area contributed by atoms with Crippen molar-refractivity contribution in [2.24, 2.45) is 11.8 Å². The van der Waals surface area contributed by atoms with Gasteiger partial charge in [-0.2, -0.15) is 13.2 Å². The van der Waals surface area contributed by atoms with Gasteiger partial charge in [0.1, 0.15) is 6.04 Å². The zero-order valence-electron chi connectivity index (χ0n) is 18.9. The molecule has 1 atom stereocenters. The number of amides is 2. The van der Waals surface area contributed by atoms with E-state index in [2.05, 4.69) is 10.2 Å². The summed E-state index contributed by atoms with van der Waals surface area (Å²) in [7, 11) is 0. The first-order valence-electron chi connectivity index (χ1n) is 11.9. The topological polar surface area (TPSA) is 52.7 Å². The first kappa shape index (κ1) is 24.2. The fourth-order valence-corrected chi connectivity index (χ4v) is 5.97. The molecule has 1 aliphatic carbocycles. The molecule has 4 rings (SSSR count). The highest BCUT2D eigenvalue weighted by Gasteiger charge is 2.41. The second kappa shape index (κ2) is 9.72.